The molecule has 112 valence electrons. The zero-order chi connectivity index (χ0) is 15.4. The van der Waals surface area contributed by atoms with Gasteiger partial charge in [-0.1, -0.05) is 53.5 Å². The molecule has 1 N–H and O–H groups in total. The smallest absolute Gasteiger partial charge is 0.0644 e. The van der Waals surface area contributed by atoms with E-state index < -0.39 is 0 Å². The van der Waals surface area contributed by atoms with Gasteiger partial charge >= 0.3 is 0 Å². The van der Waals surface area contributed by atoms with Crippen molar-refractivity contribution in [2.75, 3.05) is 19.4 Å². The minimum absolute atomic E-state index is 0.0829. The second kappa shape index (κ2) is 7.17. The van der Waals surface area contributed by atoms with Crippen LogP contribution in [0.3, 0.4) is 0 Å². The quantitative estimate of drug-likeness (QED) is 0.811. The van der Waals surface area contributed by atoms with Gasteiger partial charge in [-0.25, -0.2) is 0 Å². The van der Waals surface area contributed by atoms with Crippen LogP contribution in [0.15, 0.2) is 42.5 Å². The van der Waals surface area contributed by atoms with Crippen LogP contribution in [0.2, 0.25) is 10.0 Å². The molecule has 0 aliphatic rings. The molecule has 0 radical (unpaired) electrons. The molecule has 0 heterocycles. The molecule has 2 aromatic rings. The van der Waals surface area contributed by atoms with Gasteiger partial charge in [0.05, 0.1) is 16.1 Å². The highest BCUT2D eigenvalue weighted by molar-refractivity contribution is 6.42. The molecule has 0 bridgehead atoms. The van der Waals surface area contributed by atoms with E-state index in [9.17, 15) is 0 Å². The largest absolute Gasteiger partial charge is 0.378 e. The van der Waals surface area contributed by atoms with Crippen molar-refractivity contribution >= 4 is 28.9 Å². The zero-order valence-corrected chi connectivity index (χ0v) is 14.0. The summed E-state index contributed by atoms with van der Waals surface area (Å²) in [5.74, 6) is 0. The van der Waals surface area contributed by atoms with Crippen molar-refractivity contribution in [2.24, 2.45) is 0 Å². The first-order valence-corrected chi connectivity index (χ1v) is 7.67. The number of anilines is 1. The summed E-state index contributed by atoms with van der Waals surface area (Å²) in [6.45, 7) is 2.98. The van der Waals surface area contributed by atoms with Crippen LogP contribution in [0.5, 0.6) is 0 Å². The van der Waals surface area contributed by atoms with E-state index >= 15 is 0 Å². The number of hydrogen-bond donors (Lipinski definition) is 1. The van der Waals surface area contributed by atoms with E-state index in [0.717, 1.165) is 17.8 Å². The molecule has 2 aromatic carbocycles. The van der Waals surface area contributed by atoms with Crippen LogP contribution in [0.1, 0.15) is 24.1 Å². The summed E-state index contributed by atoms with van der Waals surface area (Å²) in [6.07, 6.45) is 0. The fourth-order valence-electron chi connectivity index (χ4n) is 2.31. The van der Waals surface area contributed by atoms with Crippen LogP contribution in [-0.4, -0.2) is 19.0 Å². The van der Waals surface area contributed by atoms with Crippen molar-refractivity contribution in [3.05, 3.63) is 63.6 Å². The molecule has 0 fully saturated rings. The van der Waals surface area contributed by atoms with E-state index in [-0.39, 0.29) is 6.04 Å². The predicted octanol–water partition coefficient (Wildman–Crippen LogP) is 5.23. The molecular weight excluding hydrogens is 303 g/mol. The van der Waals surface area contributed by atoms with Crippen LogP contribution >= 0.6 is 23.2 Å². The normalized spacial score (nSPS) is 12.5. The maximum absolute atomic E-state index is 6.30. The summed E-state index contributed by atoms with van der Waals surface area (Å²) in [6, 6.07) is 14.1. The second-order valence-electron chi connectivity index (χ2n) is 5.40. The van der Waals surface area contributed by atoms with Gasteiger partial charge in [-0.2, -0.15) is 0 Å². The summed E-state index contributed by atoms with van der Waals surface area (Å²) in [5, 5.41) is 4.73. The van der Waals surface area contributed by atoms with Gasteiger partial charge in [0, 0.05) is 12.2 Å². The fraction of sp³-hybridized carbons (Fsp3) is 0.294. The van der Waals surface area contributed by atoms with Crippen molar-refractivity contribution in [1.82, 2.24) is 4.90 Å². The van der Waals surface area contributed by atoms with Crippen molar-refractivity contribution in [2.45, 2.75) is 19.5 Å². The average molecular weight is 323 g/mol. The van der Waals surface area contributed by atoms with E-state index in [1.807, 2.05) is 18.2 Å². The third-order valence-electron chi connectivity index (χ3n) is 3.32. The van der Waals surface area contributed by atoms with Crippen molar-refractivity contribution in [1.29, 1.82) is 0 Å². The Morgan fingerprint density at radius 2 is 1.76 bits per heavy atom. The number of para-hydroxylation sites is 1. The van der Waals surface area contributed by atoms with Gasteiger partial charge < -0.3 is 10.2 Å². The summed E-state index contributed by atoms with van der Waals surface area (Å²) >= 11 is 12.4. The number of halogens is 2. The lowest BCUT2D eigenvalue weighted by molar-refractivity contribution is 0.403. The van der Waals surface area contributed by atoms with Gasteiger partial charge in [-0.15, -0.1) is 0 Å². The molecule has 2 nitrogen and oxygen atoms in total. The Bertz CT molecular complexity index is 611. The lowest BCUT2D eigenvalue weighted by atomic mass is 10.1. The molecule has 4 heteroatoms. The topological polar surface area (TPSA) is 15.3 Å². The van der Waals surface area contributed by atoms with E-state index in [2.05, 4.69) is 49.4 Å². The van der Waals surface area contributed by atoms with E-state index in [1.54, 1.807) is 6.07 Å². The summed E-state index contributed by atoms with van der Waals surface area (Å²) in [7, 11) is 4.13. The molecule has 0 saturated carbocycles. The van der Waals surface area contributed by atoms with Crippen molar-refractivity contribution in [3.8, 4) is 0 Å². The Kier molecular flexibility index (Phi) is 5.51. The van der Waals surface area contributed by atoms with Crippen LogP contribution in [0, 0.1) is 0 Å². The molecule has 0 saturated heterocycles. The van der Waals surface area contributed by atoms with Crippen molar-refractivity contribution in [3.63, 3.8) is 0 Å². The molecule has 1 unspecified atom stereocenters. The number of nitrogens with one attached hydrogen (secondary N) is 1. The lowest BCUT2D eigenvalue weighted by Crippen LogP contribution is -2.14. The van der Waals surface area contributed by atoms with E-state index in [0.29, 0.717) is 10.0 Å². The Hall–Kier alpha value is -1.22. The number of rotatable bonds is 5. The minimum atomic E-state index is 0.0829. The van der Waals surface area contributed by atoms with Gasteiger partial charge in [0.15, 0.2) is 0 Å². The minimum Gasteiger partial charge on any atom is -0.378 e. The predicted molar refractivity (Wildman–Crippen MR) is 92.3 cm³/mol. The molecule has 0 aliphatic carbocycles. The first kappa shape index (κ1) is 16.2. The van der Waals surface area contributed by atoms with Crippen LogP contribution in [0.25, 0.3) is 0 Å². The van der Waals surface area contributed by atoms with Gasteiger partial charge in [0.1, 0.15) is 0 Å². The summed E-state index contributed by atoms with van der Waals surface area (Å²) in [5.41, 5.74) is 3.38. The molecular formula is C17H20Cl2N2. The fourth-order valence-corrected chi connectivity index (χ4v) is 2.78. The highest BCUT2D eigenvalue weighted by atomic mass is 35.5. The van der Waals surface area contributed by atoms with Gasteiger partial charge in [0.2, 0.25) is 0 Å². The third-order valence-corrected chi connectivity index (χ3v) is 4.16. The van der Waals surface area contributed by atoms with Gasteiger partial charge in [-0.3, -0.25) is 0 Å². The lowest BCUT2D eigenvalue weighted by Gasteiger charge is -2.21. The highest BCUT2D eigenvalue weighted by Gasteiger charge is 2.13. The number of nitrogens with zero attached hydrogens (tertiary/aromatic N) is 1. The molecule has 0 spiro atoms. The average Bonchev–Trinajstić information content (AvgIpc) is 2.43. The maximum Gasteiger partial charge on any atom is 0.0644 e. The SMILES string of the molecule is CC(Nc1ccccc1CN(C)C)c1cccc(Cl)c1Cl. The molecule has 2 rings (SSSR count). The molecule has 0 aliphatic heterocycles. The third kappa shape index (κ3) is 4.13. The Balaban J connectivity index is 2.23. The van der Waals surface area contributed by atoms with Gasteiger partial charge in [-0.05, 0) is 44.3 Å². The van der Waals surface area contributed by atoms with Crippen LogP contribution in [0.4, 0.5) is 5.69 Å². The Morgan fingerprint density at radius 1 is 1.05 bits per heavy atom. The van der Waals surface area contributed by atoms with Crippen LogP contribution in [-0.2, 0) is 6.54 Å². The zero-order valence-electron chi connectivity index (χ0n) is 12.5. The first-order chi connectivity index (χ1) is 9.99. The Labute approximate surface area is 136 Å². The monoisotopic (exact) mass is 322 g/mol. The number of hydrogen-bond acceptors (Lipinski definition) is 2. The summed E-state index contributed by atoms with van der Waals surface area (Å²) in [4.78, 5) is 2.15. The molecule has 21 heavy (non-hydrogen) atoms. The molecule has 0 aromatic heterocycles. The highest BCUT2D eigenvalue weighted by Crippen LogP contribution is 2.32. The van der Waals surface area contributed by atoms with Gasteiger partial charge in [0.25, 0.3) is 0 Å². The van der Waals surface area contributed by atoms with E-state index in [4.69, 9.17) is 23.2 Å². The van der Waals surface area contributed by atoms with Crippen LogP contribution < -0.4 is 5.32 Å². The standard InChI is InChI=1S/C17H20Cl2N2/c1-12(14-8-6-9-15(18)17(14)19)20-16-10-5-4-7-13(16)11-21(2)3/h4-10,12,20H,11H2,1-3H3. The van der Waals surface area contributed by atoms with Crippen molar-refractivity contribution < 1.29 is 0 Å². The second-order valence-corrected chi connectivity index (χ2v) is 6.19. The molecule has 0 amide bonds. The summed E-state index contributed by atoms with van der Waals surface area (Å²) < 4.78 is 0. The molecule has 1 atom stereocenters. The number of benzene rings is 2. The van der Waals surface area contributed by atoms with E-state index in [1.165, 1.54) is 5.56 Å². The maximum atomic E-state index is 6.30. The first-order valence-electron chi connectivity index (χ1n) is 6.92. The Morgan fingerprint density at radius 3 is 2.48 bits per heavy atom.